The molecule has 2 heterocycles. The van der Waals surface area contributed by atoms with Crippen LogP contribution in [0.15, 0.2) is 59.5 Å². The van der Waals surface area contributed by atoms with Crippen LogP contribution in [0.2, 0.25) is 0 Å². The van der Waals surface area contributed by atoms with Gasteiger partial charge in [-0.3, -0.25) is 4.79 Å². The van der Waals surface area contributed by atoms with Gasteiger partial charge in [-0.05, 0) is 67.7 Å². The molecule has 0 aliphatic carbocycles. The highest BCUT2D eigenvalue weighted by Gasteiger charge is 2.27. The first-order valence-corrected chi connectivity index (χ1v) is 12.9. The molecule has 0 atom stereocenters. The van der Waals surface area contributed by atoms with E-state index in [2.05, 4.69) is 24.3 Å². The minimum Gasteiger partial charge on any atom is -0.343 e. The normalized spacial score (nSPS) is 18.4. The van der Waals surface area contributed by atoms with E-state index in [-0.39, 0.29) is 5.91 Å². The van der Waals surface area contributed by atoms with Gasteiger partial charge in [0.2, 0.25) is 15.9 Å². The van der Waals surface area contributed by atoms with Crippen LogP contribution in [-0.2, 0) is 27.7 Å². The van der Waals surface area contributed by atoms with E-state index >= 15 is 0 Å². The van der Waals surface area contributed by atoms with Crippen LogP contribution >= 0.6 is 0 Å². The molecule has 0 N–H and O–H groups in total. The van der Waals surface area contributed by atoms with Crippen molar-refractivity contribution in [1.29, 1.82) is 0 Å². The predicted molar refractivity (Wildman–Crippen MR) is 122 cm³/mol. The van der Waals surface area contributed by atoms with Crippen molar-refractivity contribution in [3.63, 3.8) is 0 Å². The third kappa shape index (κ3) is 5.55. The fourth-order valence-corrected chi connectivity index (χ4v) is 6.17. The Labute approximate surface area is 186 Å². The number of aryl methyl sites for hydroxylation is 1. The molecular formula is C25H32N2O3S. The highest BCUT2D eigenvalue weighted by Crippen LogP contribution is 2.23. The number of hydrogen-bond donors (Lipinski definition) is 0. The molecule has 0 spiro atoms. The van der Waals surface area contributed by atoms with Gasteiger partial charge in [0.25, 0.3) is 0 Å². The minimum atomic E-state index is -3.37. The first-order chi connectivity index (χ1) is 15.0. The Morgan fingerprint density at radius 3 is 2.13 bits per heavy atom. The predicted octanol–water partition coefficient (Wildman–Crippen LogP) is 3.89. The largest absolute Gasteiger partial charge is 0.343 e. The molecular weight excluding hydrogens is 408 g/mol. The van der Waals surface area contributed by atoms with Crippen LogP contribution in [-0.4, -0.2) is 49.7 Å². The minimum absolute atomic E-state index is 0.201. The van der Waals surface area contributed by atoms with Gasteiger partial charge < -0.3 is 4.90 Å². The maximum Gasteiger partial charge on any atom is 0.243 e. The molecule has 2 aromatic rings. The van der Waals surface area contributed by atoms with Gasteiger partial charge in [0.1, 0.15) is 0 Å². The molecule has 31 heavy (non-hydrogen) atoms. The van der Waals surface area contributed by atoms with E-state index in [4.69, 9.17) is 0 Å². The van der Waals surface area contributed by atoms with E-state index in [1.54, 1.807) is 16.4 Å². The molecule has 2 fully saturated rings. The first kappa shape index (κ1) is 22.0. The molecule has 2 aliphatic heterocycles. The van der Waals surface area contributed by atoms with Gasteiger partial charge >= 0.3 is 0 Å². The van der Waals surface area contributed by atoms with Crippen LogP contribution in [0.1, 0.15) is 43.2 Å². The summed E-state index contributed by atoms with van der Waals surface area (Å²) in [6, 6.07) is 17.6. The molecule has 4 rings (SSSR count). The summed E-state index contributed by atoms with van der Waals surface area (Å²) in [5, 5.41) is 0. The van der Waals surface area contributed by atoms with Crippen molar-refractivity contribution < 1.29 is 13.2 Å². The van der Waals surface area contributed by atoms with Gasteiger partial charge in [-0.25, -0.2) is 8.42 Å². The Hall–Kier alpha value is -2.18. The second-order valence-corrected chi connectivity index (χ2v) is 10.7. The lowest BCUT2D eigenvalue weighted by Gasteiger charge is -2.32. The monoisotopic (exact) mass is 440 g/mol. The van der Waals surface area contributed by atoms with Crippen LogP contribution in [0.3, 0.4) is 0 Å². The number of benzene rings is 2. The summed E-state index contributed by atoms with van der Waals surface area (Å²) < 4.78 is 26.8. The van der Waals surface area contributed by atoms with Gasteiger partial charge in [0.05, 0.1) is 4.90 Å². The van der Waals surface area contributed by atoms with E-state index < -0.39 is 10.0 Å². The van der Waals surface area contributed by atoms with Gasteiger partial charge in [-0.15, -0.1) is 0 Å². The maximum absolute atomic E-state index is 12.7. The van der Waals surface area contributed by atoms with Gasteiger partial charge in [-0.1, -0.05) is 42.5 Å². The lowest BCUT2D eigenvalue weighted by molar-refractivity contribution is -0.132. The second-order valence-electron chi connectivity index (χ2n) is 8.77. The van der Waals surface area contributed by atoms with E-state index in [0.29, 0.717) is 36.7 Å². The molecule has 1 amide bonds. The third-order valence-electron chi connectivity index (χ3n) is 6.59. The molecule has 0 radical (unpaired) electrons. The number of piperidine rings is 1. The summed E-state index contributed by atoms with van der Waals surface area (Å²) in [7, 11) is -3.37. The van der Waals surface area contributed by atoms with Gasteiger partial charge in [0.15, 0.2) is 0 Å². The van der Waals surface area contributed by atoms with E-state index in [1.165, 1.54) is 5.56 Å². The standard InChI is InChI=1S/C25H32N2O3S/c28-25(26-18-14-23(15-19-26)20-22-6-2-1-3-7-22)13-10-21-8-11-24(12-9-21)31(29,30)27-16-4-5-17-27/h1-3,6-9,11-12,23H,4-5,10,13-20H2. The molecule has 0 saturated carbocycles. The number of likely N-dealkylation sites (tertiary alicyclic amines) is 1. The molecule has 166 valence electrons. The number of rotatable bonds is 7. The summed E-state index contributed by atoms with van der Waals surface area (Å²) in [4.78, 5) is 15.0. The zero-order valence-electron chi connectivity index (χ0n) is 18.1. The Morgan fingerprint density at radius 2 is 1.48 bits per heavy atom. The zero-order valence-corrected chi connectivity index (χ0v) is 18.9. The highest BCUT2D eigenvalue weighted by atomic mass is 32.2. The number of carbonyl (C=O) groups excluding carboxylic acids is 1. The van der Waals surface area contributed by atoms with Crippen LogP contribution in [0, 0.1) is 5.92 Å². The molecule has 2 aliphatic rings. The smallest absolute Gasteiger partial charge is 0.243 e. The lowest BCUT2D eigenvalue weighted by Crippen LogP contribution is -2.39. The Bertz CT molecular complexity index is 960. The first-order valence-electron chi connectivity index (χ1n) is 11.4. The number of hydrogen-bond acceptors (Lipinski definition) is 3. The van der Waals surface area contributed by atoms with Gasteiger partial charge in [0, 0.05) is 32.6 Å². The molecule has 0 unspecified atom stereocenters. The lowest BCUT2D eigenvalue weighted by atomic mass is 9.90. The summed E-state index contributed by atoms with van der Waals surface area (Å²) in [6.45, 7) is 2.90. The second kappa shape index (κ2) is 9.96. The Kier molecular flexibility index (Phi) is 7.08. The molecule has 2 saturated heterocycles. The van der Waals surface area contributed by atoms with Crippen molar-refractivity contribution in [3.05, 3.63) is 65.7 Å². The SMILES string of the molecule is O=C(CCc1ccc(S(=O)(=O)N2CCCC2)cc1)N1CCC(Cc2ccccc2)CC1. The van der Waals surface area contributed by atoms with Crippen molar-refractivity contribution in [3.8, 4) is 0 Å². The third-order valence-corrected chi connectivity index (χ3v) is 8.50. The molecule has 0 bridgehead atoms. The van der Waals surface area contributed by atoms with Crippen molar-refractivity contribution in [2.24, 2.45) is 5.92 Å². The summed E-state index contributed by atoms with van der Waals surface area (Å²) in [6.07, 6.45) is 6.20. The van der Waals surface area contributed by atoms with Crippen LogP contribution in [0.25, 0.3) is 0 Å². The van der Waals surface area contributed by atoms with E-state index in [1.807, 2.05) is 23.1 Å². The fraction of sp³-hybridized carbons (Fsp3) is 0.480. The van der Waals surface area contributed by atoms with Crippen molar-refractivity contribution in [1.82, 2.24) is 9.21 Å². The highest BCUT2D eigenvalue weighted by molar-refractivity contribution is 7.89. The molecule has 2 aromatic carbocycles. The number of carbonyl (C=O) groups is 1. The average Bonchev–Trinajstić information content (AvgIpc) is 3.35. The quantitative estimate of drug-likeness (QED) is 0.656. The van der Waals surface area contributed by atoms with Gasteiger partial charge in [-0.2, -0.15) is 4.31 Å². The van der Waals surface area contributed by atoms with Crippen LogP contribution < -0.4 is 0 Å². The molecule has 5 nitrogen and oxygen atoms in total. The zero-order chi connectivity index (χ0) is 21.7. The van der Waals surface area contributed by atoms with Crippen molar-refractivity contribution >= 4 is 15.9 Å². The van der Waals surface area contributed by atoms with Crippen LogP contribution in [0.4, 0.5) is 0 Å². The van der Waals surface area contributed by atoms with Crippen LogP contribution in [0.5, 0.6) is 0 Å². The van der Waals surface area contributed by atoms with E-state index in [0.717, 1.165) is 50.8 Å². The Morgan fingerprint density at radius 1 is 0.839 bits per heavy atom. The number of amides is 1. The summed E-state index contributed by atoms with van der Waals surface area (Å²) in [5.74, 6) is 0.850. The van der Waals surface area contributed by atoms with E-state index in [9.17, 15) is 13.2 Å². The summed E-state index contributed by atoms with van der Waals surface area (Å²) >= 11 is 0. The summed E-state index contributed by atoms with van der Waals surface area (Å²) in [5.41, 5.74) is 2.38. The average molecular weight is 441 g/mol. The Balaban J connectivity index is 1.24. The molecule has 6 heteroatoms. The molecule has 0 aromatic heterocycles. The maximum atomic E-state index is 12.7. The van der Waals surface area contributed by atoms with Crippen molar-refractivity contribution in [2.45, 2.75) is 49.8 Å². The fourth-order valence-electron chi connectivity index (χ4n) is 4.65. The topological polar surface area (TPSA) is 57.7 Å². The number of nitrogens with zero attached hydrogens (tertiary/aromatic N) is 2. The number of sulfonamides is 1. The van der Waals surface area contributed by atoms with Crippen molar-refractivity contribution in [2.75, 3.05) is 26.2 Å².